The summed E-state index contributed by atoms with van der Waals surface area (Å²) in [6, 6.07) is 0.0483. The van der Waals surface area contributed by atoms with E-state index in [4.69, 9.17) is 6.42 Å². The molecular formula is C20H27N5O2S. The minimum atomic E-state index is -0.364. The predicted molar refractivity (Wildman–Crippen MR) is 108 cm³/mol. The molecule has 150 valence electrons. The van der Waals surface area contributed by atoms with E-state index in [-0.39, 0.29) is 29.4 Å². The molecule has 2 aliphatic heterocycles. The van der Waals surface area contributed by atoms with Crippen LogP contribution < -0.4 is 5.32 Å². The zero-order chi connectivity index (χ0) is 20.1. The second kappa shape index (κ2) is 8.82. The molecule has 1 saturated heterocycles. The Bertz CT molecular complexity index is 791. The van der Waals surface area contributed by atoms with Crippen molar-refractivity contribution >= 4 is 23.2 Å². The van der Waals surface area contributed by atoms with Crippen LogP contribution in [-0.2, 0) is 16.0 Å². The van der Waals surface area contributed by atoms with Crippen LogP contribution in [0.4, 0.5) is 0 Å². The van der Waals surface area contributed by atoms with Gasteiger partial charge < -0.3 is 10.2 Å². The maximum atomic E-state index is 12.6. The Morgan fingerprint density at radius 1 is 1.43 bits per heavy atom. The second-order valence-electron chi connectivity index (χ2n) is 7.62. The van der Waals surface area contributed by atoms with Crippen molar-refractivity contribution in [2.24, 2.45) is 16.1 Å². The fraction of sp³-hybridized carbons (Fsp3) is 0.650. The first-order valence-electron chi connectivity index (χ1n) is 9.78. The molecule has 0 aliphatic carbocycles. The van der Waals surface area contributed by atoms with Gasteiger partial charge in [0.15, 0.2) is 5.66 Å². The molecule has 0 bridgehead atoms. The van der Waals surface area contributed by atoms with Crippen LogP contribution in [-0.4, -0.2) is 46.5 Å². The number of terminal acetylenes is 1. The topological polar surface area (TPSA) is 87.0 Å². The van der Waals surface area contributed by atoms with Gasteiger partial charge in [0, 0.05) is 49.7 Å². The molecule has 1 aromatic rings. The molecule has 0 saturated carbocycles. The number of piperidine rings is 1. The lowest BCUT2D eigenvalue weighted by Crippen LogP contribution is -2.48. The van der Waals surface area contributed by atoms with Crippen molar-refractivity contribution in [2.75, 3.05) is 13.1 Å². The van der Waals surface area contributed by atoms with Crippen LogP contribution in [0.15, 0.2) is 15.6 Å². The van der Waals surface area contributed by atoms with Gasteiger partial charge in [-0.25, -0.2) is 4.98 Å². The van der Waals surface area contributed by atoms with Crippen molar-refractivity contribution in [3.05, 3.63) is 16.1 Å². The molecule has 1 N–H and O–H groups in total. The van der Waals surface area contributed by atoms with Gasteiger partial charge in [-0.1, -0.05) is 0 Å². The number of aromatic nitrogens is 1. The molecule has 2 atom stereocenters. The van der Waals surface area contributed by atoms with Crippen molar-refractivity contribution in [1.29, 1.82) is 0 Å². The number of hydrogen-bond donors (Lipinski definition) is 1. The summed E-state index contributed by atoms with van der Waals surface area (Å²) >= 11 is 1.56. The summed E-state index contributed by atoms with van der Waals surface area (Å²) in [6.07, 6.45) is 9.08. The summed E-state index contributed by atoms with van der Waals surface area (Å²) < 4.78 is 0. The molecular weight excluding hydrogens is 374 g/mol. The zero-order valence-electron chi connectivity index (χ0n) is 16.5. The number of amides is 2. The van der Waals surface area contributed by atoms with Crippen molar-refractivity contribution in [3.63, 3.8) is 0 Å². The molecule has 3 rings (SSSR count). The SMILES string of the molecule is C#CCCC1(CCNC(=O)[C@@H]2CCN(C(=O)Cc3csc(C)n3)[C@H](C)C2)N=N1. The summed E-state index contributed by atoms with van der Waals surface area (Å²) in [6.45, 7) is 5.11. The van der Waals surface area contributed by atoms with Crippen LogP contribution in [0.5, 0.6) is 0 Å². The van der Waals surface area contributed by atoms with Crippen molar-refractivity contribution in [3.8, 4) is 12.3 Å². The van der Waals surface area contributed by atoms with Crippen molar-refractivity contribution in [1.82, 2.24) is 15.2 Å². The van der Waals surface area contributed by atoms with Crippen LogP contribution in [0.1, 0.15) is 49.7 Å². The number of carbonyl (C=O) groups excluding carboxylic acids is 2. The number of carbonyl (C=O) groups is 2. The zero-order valence-corrected chi connectivity index (χ0v) is 17.3. The average Bonchev–Trinajstić information content (AvgIpc) is 3.32. The molecule has 8 heteroatoms. The highest BCUT2D eigenvalue weighted by atomic mass is 32.1. The highest BCUT2D eigenvalue weighted by Gasteiger charge is 2.39. The van der Waals surface area contributed by atoms with E-state index >= 15 is 0 Å². The predicted octanol–water partition coefficient (Wildman–Crippen LogP) is 2.70. The lowest BCUT2D eigenvalue weighted by Gasteiger charge is -2.37. The molecule has 2 amide bonds. The van der Waals surface area contributed by atoms with E-state index < -0.39 is 0 Å². The Morgan fingerprint density at radius 2 is 2.21 bits per heavy atom. The van der Waals surface area contributed by atoms with Gasteiger partial charge in [-0.3, -0.25) is 9.59 Å². The lowest BCUT2D eigenvalue weighted by atomic mass is 9.90. The summed E-state index contributed by atoms with van der Waals surface area (Å²) in [5, 5.41) is 14.1. The third-order valence-corrected chi connectivity index (χ3v) is 6.27. The van der Waals surface area contributed by atoms with Gasteiger partial charge >= 0.3 is 0 Å². The Balaban J connectivity index is 1.41. The van der Waals surface area contributed by atoms with Crippen LogP contribution in [0, 0.1) is 25.2 Å². The van der Waals surface area contributed by atoms with Crippen LogP contribution in [0.3, 0.4) is 0 Å². The third-order valence-electron chi connectivity index (χ3n) is 5.44. The summed E-state index contributed by atoms with van der Waals surface area (Å²) in [4.78, 5) is 31.4. The highest BCUT2D eigenvalue weighted by molar-refractivity contribution is 7.09. The van der Waals surface area contributed by atoms with Crippen molar-refractivity contribution in [2.45, 2.75) is 64.1 Å². The molecule has 7 nitrogen and oxygen atoms in total. The number of likely N-dealkylation sites (tertiary alicyclic amines) is 1. The van der Waals surface area contributed by atoms with E-state index in [2.05, 4.69) is 26.4 Å². The van der Waals surface area contributed by atoms with Gasteiger partial charge in [-0.15, -0.1) is 23.7 Å². The van der Waals surface area contributed by atoms with Crippen LogP contribution in [0.2, 0.25) is 0 Å². The summed E-state index contributed by atoms with van der Waals surface area (Å²) in [7, 11) is 0. The maximum Gasteiger partial charge on any atom is 0.228 e. The Hall–Kier alpha value is -2.27. The minimum Gasteiger partial charge on any atom is -0.356 e. The van der Waals surface area contributed by atoms with E-state index in [0.717, 1.165) is 17.1 Å². The number of aryl methyl sites for hydroxylation is 1. The van der Waals surface area contributed by atoms with Gasteiger partial charge in [-0.05, 0) is 26.7 Å². The van der Waals surface area contributed by atoms with Gasteiger partial charge in [0.2, 0.25) is 11.8 Å². The first-order valence-corrected chi connectivity index (χ1v) is 10.7. The van der Waals surface area contributed by atoms with Crippen LogP contribution >= 0.6 is 11.3 Å². The molecule has 2 aliphatic rings. The molecule has 1 aromatic heterocycles. The molecule has 0 spiro atoms. The molecule has 1 fully saturated rings. The standard InChI is InChI=1S/C20H27N5O2S/c1-4-5-7-20(23-24-20)8-9-21-19(27)16-6-10-25(14(2)11-16)18(26)12-17-13-28-15(3)22-17/h1,13-14,16H,5-12H2,2-3H3,(H,21,27)/t14-,16-/m1/s1. The molecule has 0 unspecified atom stereocenters. The number of nitrogens with one attached hydrogen (secondary N) is 1. The van der Waals surface area contributed by atoms with E-state index in [0.29, 0.717) is 45.2 Å². The minimum absolute atomic E-state index is 0.0483. The quantitative estimate of drug-likeness (QED) is 0.680. The van der Waals surface area contributed by atoms with Gasteiger partial charge in [0.05, 0.1) is 17.1 Å². The van der Waals surface area contributed by atoms with E-state index in [9.17, 15) is 9.59 Å². The van der Waals surface area contributed by atoms with E-state index in [1.165, 1.54) is 0 Å². The molecule has 28 heavy (non-hydrogen) atoms. The Kier molecular flexibility index (Phi) is 6.45. The van der Waals surface area contributed by atoms with E-state index in [1.54, 1.807) is 11.3 Å². The number of hydrogen-bond acceptors (Lipinski definition) is 6. The molecule has 3 heterocycles. The Labute approximate surface area is 170 Å². The highest BCUT2D eigenvalue weighted by Crippen LogP contribution is 2.36. The van der Waals surface area contributed by atoms with Crippen molar-refractivity contribution < 1.29 is 9.59 Å². The van der Waals surface area contributed by atoms with Gasteiger partial charge in [0.25, 0.3) is 0 Å². The first-order chi connectivity index (χ1) is 13.4. The number of thiazole rings is 1. The first kappa shape index (κ1) is 20.5. The van der Waals surface area contributed by atoms with Gasteiger partial charge in [-0.2, -0.15) is 10.2 Å². The second-order valence-corrected chi connectivity index (χ2v) is 8.68. The largest absolute Gasteiger partial charge is 0.356 e. The fourth-order valence-corrected chi connectivity index (χ4v) is 4.34. The van der Waals surface area contributed by atoms with Crippen LogP contribution in [0.25, 0.3) is 0 Å². The van der Waals surface area contributed by atoms with Gasteiger partial charge in [0.1, 0.15) is 0 Å². The number of rotatable bonds is 8. The Morgan fingerprint density at radius 3 is 2.82 bits per heavy atom. The molecule has 0 aromatic carbocycles. The number of nitrogens with zero attached hydrogens (tertiary/aromatic N) is 4. The third kappa shape index (κ3) is 5.16. The summed E-state index contributed by atoms with van der Waals surface area (Å²) in [5.74, 6) is 2.69. The smallest absolute Gasteiger partial charge is 0.228 e. The normalized spacial score (nSPS) is 22.5. The molecule has 0 radical (unpaired) electrons. The maximum absolute atomic E-state index is 12.6. The lowest BCUT2D eigenvalue weighted by molar-refractivity contribution is -0.137. The van der Waals surface area contributed by atoms with E-state index in [1.807, 2.05) is 24.1 Å². The monoisotopic (exact) mass is 401 g/mol. The summed E-state index contributed by atoms with van der Waals surface area (Å²) in [5.41, 5.74) is 0.464. The average molecular weight is 402 g/mol. The fourth-order valence-electron chi connectivity index (χ4n) is 3.73.